The van der Waals surface area contributed by atoms with Gasteiger partial charge >= 0.3 is 5.97 Å². The van der Waals surface area contributed by atoms with Crippen molar-refractivity contribution in [2.24, 2.45) is 5.41 Å². The minimum Gasteiger partial charge on any atom is -0.481 e. The summed E-state index contributed by atoms with van der Waals surface area (Å²) in [6.45, 7) is 0.160. The molecule has 0 aromatic rings. The Morgan fingerprint density at radius 3 is 2.53 bits per heavy atom. The Labute approximate surface area is 111 Å². The molecule has 6 nitrogen and oxygen atoms in total. The van der Waals surface area contributed by atoms with E-state index in [0.29, 0.717) is 25.7 Å². The van der Waals surface area contributed by atoms with E-state index in [4.69, 9.17) is 0 Å². The van der Waals surface area contributed by atoms with Gasteiger partial charge in [-0.3, -0.25) is 14.4 Å². The van der Waals surface area contributed by atoms with E-state index in [9.17, 15) is 19.5 Å². The largest absolute Gasteiger partial charge is 0.481 e. The van der Waals surface area contributed by atoms with Crippen molar-refractivity contribution in [2.75, 3.05) is 6.54 Å². The van der Waals surface area contributed by atoms with Crippen molar-refractivity contribution in [1.29, 1.82) is 0 Å². The predicted molar refractivity (Wildman–Crippen MR) is 67.3 cm³/mol. The van der Waals surface area contributed by atoms with Gasteiger partial charge in [0.25, 0.3) is 0 Å². The molecule has 19 heavy (non-hydrogen) atoms. The molecule has 3 N–H and O–H groups in total. The third-order valence-corrected chi connectivity index (χ3v) is 4.18. The second-order valence-electron chi connectivity index (χ2n) is 5.52. The van der Waals surface area contributed by atoms with E-state index in [1.807, 2.05) is 0 Å². The van der Waals surface area contributed by atoms with E-state index in [-0.39, 0.29) is 18.4 Å². The lowest BCUT2D eigenvalue weighted by Crippen LogP contribution is -2.49. The molecule has 6 heteroatoms. The lowest BCUT2D eigenvalue weighted by atomic mass is 9.74. The van der Waals surface area contributed by atoms with Gasteiger partial charge in [-0.15, -0.1) is 0 Å². The Balaban J connectivity index is 1.90. The fraction of sp³-hybridized carbons (Fsp3) is 0.769. The van der Waals surface area contributed by atoms with Crippen LogP contribution in [-0.2, 0) is 14.4 Å². The number of aliphatic carboxylic acids is 1. The van der Waals surface area contributed by atoms with Gasteiger partial charge in [0.15, 0.2) is 0 Å². The van der Waals surface area contributed by atoms with E-state index in [1.165, 1.54) is 0 Å². The van der Waals surface area contributed by atoms with E-state index < -0.39 is 17.4 Å². The van der Waals surface area contributed by atoms with Gasteiger partial charge in [-0.25, -0.2) is 0 Å². The van der Waals surface area contributed by atoms with Crippen LogP contribution in [0.25, 0.3) is 0 Å². The van der Waals surface area contributed by atoms with Gasteiger partial charge in [-0.2, -0.15) is 0 Å². The Kier molecular flexibility index (Phi) is 4.07. The van der Waals surface area contributed by atoms with Gasteiger partial charge in [0, 0.05) is 13.0 Å². The Morgan fingerprint density at radius 2 is 2.00 bits per heavy atom. The number of hydrogen-bond donors (Lipinski definition) is 3. The number of carboxylic acids is 1. The molecule has 1 saturated carbocycles. The highest BCUT2D eigenvalue weighted by Crippen LogP contribution is 2.36. The lowest BCUT2D eigenvalue weighted by molar-refractivity contribution is -0.151. The van der Waals surface area contributed by atoms with Crippen molar-refractivity contribution in [2.45, 2.75) is 51.0 Å². The average molecular weight is 268 g/mol. The number of carboxylic acid groups (broad SMARTS) is 1. The Hall–Kier alpha value is -1.59. The second kappa shape index (κ2) is 5.59. The van der Waals surface area contributed by atoms with Crippen LogP contribution in [0.1, 0.15) is 44.9 Å². The van der Waals surface area contributed by atoms with Crippen molar-refractivity contribution in [1.82, 2.24) is 10.6 Å². The molecule has 0 aromatic heterocycles. The maximum Gasteiger partial charge on any atom is 0.311 e. The van der Waals surface area contributed by atoms with Crippen LogP contribution in [0.4, 0.5) is 0 Å². The highest BCUT2D eigenvalue weighted by molar-refractivity contribution is 5.91. The predicted octanol–water partition coefficient (Wildman–Crippen LogP) is 0.416. The van der Waals surface area contributed by atoms with Crippen LogP contribution in [-0.4, -0.2) is 35.5 Å². The summed E-state index contributed by atoms with van der Waals surface area (Å²) < 4.78 is 0. The fourth-order valence-corrected chi connectivity index (χ4v) is 2.89. The van der Waals surface area contributed by atoms with Crippen molar-refractivity contribution >= 4 is 17.8 Å². The van der Waals surface area contributed by atoms with E-state index in [0.717, 1.165) is 19.3 Å². The van der Waals surface area contributed by atoms with Crippen LogP contribution in [0, 0.1) is 5.41 Å². The molecule has 1 aliphatic carbocycles. The van der Waals surface area contributed by atoms with Crippen LogP contribution >= 0.6 is 0 Å². The molecule has 2 amide bonds. The van der Waals surface area contributed by atoms with Gasteiger partial charge in [0.05, 0.1) is 5.41 Å². The zero-order chi connectivity index (χ0) is 13.9. The number of carbonyl (C=O) groups excluding carboxylic acids is 2. The Bertz CT molecular complexity index is 388. The zero-order valence-electron chi connectivity index (χ0n) is 10.9. The molecule has 0 bridgehead atoms. The maximum atomic E-state index is 11.9. The summed E-state index contributed by atoms with van der Waals surface area (Å²) in [4.78, 5) is 34.4. The van der Waals surface area contributed by atoms with Crippen molar-refractivity contribution < 1.29 is 19.5 Å². The normalized spacial score (nSPS) is 25.7. The smallest absolute Gasteiger partial charge is 0.311 e. The van der Waals surface area contributed by atoms with Crippen LogP contribution in [0.5, 0.6) is 0 Å². The first-order chi connectivity index (χ1) is 9.03. The highest BCUT2D eigenvalue weighted by atomic mass is 16.4. The summed E-state index contributed by atoms with van der Waals surface area (Å²) in [5, 5.41) is 14.7. The number of hydrogen-bond acceptors (Lipinski definition) is 3. The SMILES string of the molecule is O=C1CC[C@H](C(=O)NCC2(C(=O)O)CCCCC2)N1. The van der Waals surface area contributed by atoms with E-state index in [1.54, 1.807) is 0 Å². The molecule has 0 unspecified atom stereocenters. The van der Waals surface area contributed by atoms with Gasteiger partial charge in [0.2, 0.25) is 11.8 Å². The average Bonchev–Trinajstić information content (AvgIpc) is 2.83. The molecule has 1 heterocycles. The van der Waals surface area contributed by atoms with Crippen LogP contribution in [0.3, 0.4) is 0 Å². The monoisotopic (exact) mass is 268 g/mol. The van der Waals surface area contributed by atoms with Crippen LogP contribution in [0.15, 0.2) is 0 Å². The Morgan fingerprint density at radius 1 is 1.32 bits per heavy atom. The number of carbonyl (C=O) groups is 3. The summed E-state index contributed by atoms with van der Waals surface area (Å²) in [6.07, 6.45) is 4.92. The molecule has 1 aliphatic heterocycles. The van der Waals surface area contributed by atoms with Crippen molar-refractivity contribution in [3.05, 3.63) is 0 Å². The molecule has 2 rings (SSSR count). The first-order valence-corrected chi connectivity index (χ1v) is 6.84. The van der Waals surface area contributed by atoms with Crippen molar-refractivity contribution in [3.8, 4) is 0 Å². The minimum absolute atomic E-state index is 0.120. The summed E-state index contributed by atoms with van der Waals surface area (Å²) in [7, 11) is 0. The third kappa shape index (κ3) is 3.05. The third-order valence-electron chi connectivity index (χ3n) is 4.18. The molecule has 0 radical (unpaired) electrons. The molecular weight excluding hydrogens is 248 g/mol. The van der Waals surface area contributed by atoms with Crippen LogP contribution in [0.2, 0.25) is 0 Å². The number of amides is 2. The minimum atomic E-state index is -0.831. The first-order valence-electron chi connectivity index (χ1n) is 6.84. The van der Waals surface area contributed by atoms with Crippen molar-refractivity contribution in [3.63, 3.8) is 0 Å². The molecule has 0 aromatic carbocycles. The van der Waals surface area contributed by atoms with E-state index in [2.05, 4.69) is 10.6 Å². The quantitative estimate of drug-likeness (QED) is 0.688. The topological polar surface area (TPSA) is 95.5 Å². The molecule has 1 atom stereocenters. The zero-order valence-corrected chi connectivity index (χ0v) is 10.9. The molecule has 2 fully saturated rings. The summed E-state index contributed by atoms with van der Waals surface area (Å²) >= 11 is 0. The number of rotatable bonds is 4. The molecule has 1 saturated heterocycles. The van der Waals surface area contributed by atoms with Crippen LogP contribution < -0.4 is 10.6 Å². The number of nitrogens with one attached hydrogen (secondary N) is 2. The summed E-state index contributed by atoms with van der Waals surface area (Å²) in [6, 6.07) is -0.498. The molecule has 0 spiro atoms. The van der Waals surface area contributed by atoms with Gasteiger partial charge in [-0.1, -0.05) is 19.3 Å². The first kappa shape index (κ1) is 13.8. The molecule has 2 aliphatic rings. The molecular formula is C13H20N2O4. The maximum absolute atomic E-state index is 11.9. The second-order valence-corrected chi connectivity index (χ2v) is 5.52. The summed E-state index contributed by atoms with van der Waals surface area (Å²) in [5.41, 5.74) is -0.823. The summed E-state index contributed by atoms with van der Waals surface area (Å²) in [5.74, 6) is -1.22. The lowest BCUT2D eigenvalue weighted by Gasteiger charge is -2.33. The van der Waals surface area contributed by atoms with Gasteiger partial charge in [-0.05, 0) is 19.3 Å². The van der Waals surface area contributed by atoms with Gasteiger partial charge in [0.1, 0.15) is 6.04 Å². The highest BCUT2D eigenvalue weighted by Gasteiger charge is 2.40. The van der Waals surface area contributed by atoms with E-state index >= 15 is 0 Å². The standard InChI is InChI=1S/C13H20N2O4/c16-10-5-4-9(15-10)11(17)14-8-13(12(18)19)6-2-1-3-7-13/h9H,1-8H2,(H,14,17)(H,15,16)(H,18,19)/t9-/m1/s1. The fourth-order valence-electron chi connectivity index (χ4n) is 2.89. The van der Waals surface area contributed by atoms with Gasteiger partial charge < -0.3 is 15.7 Å². The molecule has 106 valence electrons.